The van der Waals surface area contributed by atoms with Crippen molar-refractivity contribution in [3.63, 3.8) is 0 Å². The fourth-order valence-corrected chi connectivity index (χ4v) is 3.20. The molecule has 0 radical (unpaired) electrons. The van der Waals surface area contributed by atoms with E-state index >= 15 is 0 Å². The summed E-state index contributed by atoms with van der Waals surface area (Å²) >= 11 is 4.99. The molecule has 0 aliphatic rings. The van der Waals surface area contributed by atoms with Crippen molar-refractivity contribution in [1.29, 1.82) is 0 Å². The van der Waals surface area contributed by atoms with E-state index in [-0.39, 0.29) is 6.04 Å². The predicted molar refractivity (Wildman–Crippen MR) is 84.8 cm³/mol. The molecule has 0 unspecified atom stereocenters. The molecule has 3 heterocycles. The second-order valence-corrected chi connectivity index (χ2v) is 6.36. The predicted octanol–water partition coefficient (Wildman–Crippen LogP) is 3.81. The van der Waals surface area contributed by atoms with Crippen molar-refractivity contribution in [3.05, 3.63) is 51.9 Å². The van der Waals surface area contributed by atoms with E-state index in [2.05, 4.69) is 43.3 Å². The molecule has 0 fully saturated rings. The highest BCUT2D eigenvalue weighted by Gasteiger charge is 2.12. The van der Waals surface area contributed by atoms with Crippen LogP contribution in [0.1, 0.15) is 24.4 Å². The van der Waals surface area contributed by atoms with E-state index in [4.69, 9.17) is 4.52 Å². The minimum Gasteiger partial charge on any atom is -0.338 e. The largest absolute Gasteiger partial charge is 0.338 e. The molecule has 0 bridgehead atoms. The Kier molecular flexibility index (Phi) is 4.42. The summed E-state index contributed by atoms with van der Waals surface area (Å²) in [7, 11) is 0. The smallest absolute Gasteiger partial charge is 0.240 e. The van der Waals surface area contributed by atoms with Gasteiger partial charge in [-0.1, -0.05) is 11.2 Å². The van der Waals surface area contributed by atoms with Gasteiger partial charge in [0.1, 0.15) is 0 Å². The van der Waals surface area contributed by atoms with Gasteiger partial charge in [0.05, 0.1) is 11.4 Å². The van der Waals surface area contributed by atoms with Gasteiger partial charge in [-0.3, -0.25) is 4.98 Å². The molecule has 3 aromatic rings. The van der Waals surface area contributed by atoms with Gasteiger partial charge in [0.25, 0.3) is 0 Å². The van der Waals surface area contributed by atoms with E-state index in [1.807, 2.05) is 29.8 Å². The van der Waals surface area contributed by atoms with E-state index in [0.717, 1.165) is 14.9 Å². The molecule has 7 heteroatoms. The van der Waals surface area contributed by atoms with Crippen LogP contribution < -0.4 is 5.32 Å². The number of aromatic nitrogens is 3. The molecule has 0 aliphatic heterocycles. The number of halogens is 1. The molecule has 3 rings (SSSR count). The van der Waals surface area contributed by atoms with E-state index in [1.54, 1.807) is 17.5 Å². The van der Waals surface area contributed by atoms with Gasteiger partial charge in [-0.25, -0.2) is 0 Å². The van der Waals surface area contributed by atoms with E-state index in [1.165, 1.54) is 0 Å². The maximum absolute atomic E-state index is 5.27. The summed E-state index contributed by atoms with van der Waals surface area (Å²) in [6.07, 6.45) is 3.61. The number of nitrogens with one attached hydrogen (secondary N) is 1. The zero-order valence-corrected chi connectivity index (χ0v) is 13.7. The van der Waals surface area contributed by atoms with Crippen LogP contribution in [0, 0.1) is 0 Å². The van der Waals surface area contributed by atoms with E-state index < -0.39 is 0 Å². The van der Waals surface area contributed by atoms with Gasteiger partial charge in [-0.15, -0.1) is 11.3 Å². The number of pyridine rings is 1. The number of thiophene rings is 1. The number of nitrogens with zero attached hydrogens (tertiary/aromatic N) is 3. The highest BCUT2D eigenvalue weighted by atomic mass is 79.9. The Hall–Kier alpha value is -1.57. The summed E-state index contributed by atoms with van der Waals surface area (Å²) in [4.78, 5) is 9.49. The third-order valence-electron chi connectivity index (χ3n) is 3.00. The van der Waals surface area contributed by atoms with Crippen molar-refractivity contribution in [2.75, 3.05) is 0 Å². The molecule has 0 aliphatic carbocycles. The molecule has 21 heavy (non-hydrogen) atoms. The summed E-state index contributed by atoms with van der Waals surface area (Å²) < 4.78 is 6.29. The first-order valence-electron chi connectivity index (χ1n) is 6.42. The third kappa shape index (κ3) is 3.55. The molecule has 0 spiro atoms. The molecule has 1 atom stereocenters. The summed E-state index contributed by atoms with van der Waals surface area (Å²) in [5.41, 5.74) is 1.12. The van der Waals surface area contributed by atoms with Crippen LogP contribution in [0.2, 0.25) is 0 Å². The van der Waals surface area contributed by atoms with Crippen LogP contribution in [-0.2, 0) is 6.54 Å². The Morgan fingerprint density at radius 2 is 2.38 bits per heavy atom. The zero-order valence-electron chi connectivity index (χ0n) is 11.3. The van der Waals surface area contributed by atoms with Gasteiger partial charge >= 0.3 is 0 Å². The van der Waals surface area contributed by atoms with Crippen LogP contribution in [0.5, 0.6) is 0 Å². The van der Waals surface area contributed by atoms with Crippen molar-refractivity contribution >= 4 is 27.3 Å². The number of hydrogen-bond acceptors (Lipinski definition) is 6. The summed E-state index contributed by atoms with van der Waals surface area (Å²) in [5, 5.41) is 9.34. The lowest BCUT2D eigenvalue weighted by Gasteiger charge is -2.11. The molecule has 0 amide bonds. The van der Waals surface area contributed by atoms with Gasteiger partial charge in [0.2, 0.25) is 11.7 Å². The van der Waals surface area contributed by atoms with Crippen LogP contribution >= 0.6 is 27.3 Å². The first-order valence-corrected chi connectivity index (χ1v) is 8.10. The normalized spacial score (nSPS) is 12.5. The average molecular weight is 365 g/mol. The first kappa shape index (κ1) is 14.4. The van der Waals surface area contributed by atoms with Crippen molar-refractivity contribution in [2.45, 2.75) is 19.5 Å². The van der Waals surface area contributed by atoms with Crippen molar-refractivity contribution in [3.8, 4) is 10.7 Å². The topological polar surface area (TPSA) is 63.8 Å². The Bertz CT molecular complexity index is 713. The van der Waals surface area contributed by atoms with Gasteiger partial charge < -0.3 is 9.84 Å². The Balaban J connectivity index is 1.63. The van der Waals surface area contributed by atoms with E-state index in [0.29, 0.717) is 18.3 Å². The lowest BCUT2D eigenvalue weighted by molar-refractivity contribution is 0.360. The van der Waals surface area contributed by atoms with Gasteiger partial charge in [-0.05, 0) is 40.5 Å². The van der Waals surface area contributed by atoms with Crippen molar-refractivity contribution < 1.29 is 4.52 Å². The second kappa shape index (κ2) is 6.46. The van der Waals surface area contributed by atoms with Crippen LogP contribution in [0.3, 0.4) is 0 Å². The highest BCUT2D eigenvalue weighted by Crippen LogP contribution is 2.27. The van der Waals surface area contributed by atoms with Gasteiger partial charge in [0.15, 0.2) is 0 Å². The zero-order chi connectivity index (χ0) is 14.7. The number of rotatable bonds is 5. The molecular weight excluding hydrogens is 352 g/mol. The lowest BCUT2D eigenvalue weighted by atomic mass is 10.1. The SMILES string of the molecule is C[C@@H](NCc1nc(-c2cc(Br)cs2)no1)c1cccnc1. The standard InChI is InChI=1S/C14H13BrN4OS/c1-9(10-3-2-4-16-6-10)17-7-13-18-14(19-20-13)12-5-11(15)8-21-12/h2-6,8-9,17H,7H2,1H3/t9-/m1/s1. The molecule has 5 nitrogen and oxygen atoms in total. The van der Waals surface area contributed by atoms with Crippen molar-refractivity contribution in [2.24, 2.45) is 0 Å². The summed E-state index contributed by atoms with van der Waals surface area (Å²) in [6.45, 7) is 2.60. The summed E-state index contributed by atoms with van der Waals surface area (Å²) in [6, 6.07) is 6.11. The van der Waals surface area contributed by atoms with Gasteiger partial charge in [0, 0.05) is 28.3 Å². The first-order chi connectivity index (χ1) is 10.2. The van der Waals surface area contributed by atoms with Crippen LogP contribution in [0.25, 0.3) is 10.7 Å². The molecule has 0 aromatic carbocycles. The maximum Gasteiger partial charge on any atom is 0.240 e. The average Bonchev–Trinajstić information content (AvgIpc) is 3.14. The molecule has 3 aromatic heterocycles. The van der Waals surface area contributed by atoms with Crippen LogP contribution in [-0.4, -0.2) is 15.1 Å². The monoisotopic (exact) mass is 364 g/mol. The summed E-state index contributed by atoms with van der Waals surface area (Å²) in [5.74, 6) is 1.20. The van der Waals surface area contributed by atoms with Crippen molar-refractivity contribution in [1.82, 2.24) is 20.4 Å². The third-order valence-corrected chi connectivity index (χ3v) is 4.69. The molecule has 0 saturated heterocycles. The molecule has 1 N–H and O–H groups in total. The molecule has 0 saturated carbocycles. The quantitative estimate of drug-likeness (QED) is 0.745. The van der Waals surface area contributed by atoms with Crippen LogP contribution in [0.15, 0.2) is 45.0 Å². The van der Waals surface area contributed by atoms with E-state index in [9.17, 15) is 0 Å². The molecular formula is C14H13BrN4OS. The van der Waals surface area contributed by atoms with Crippen LogP contribution in [0.4, 0.5) is 0 Å². The minimum absolute atomic E-state index is 0.171. The Morgan fingerprint density at radius 1 is 1.48 bits per heavy atom. The Morgan fingerprint density at radius 3 is 3.10 bits per heavy atom. The second-order valence-electron chi connectivity index (χ2n) is 4.53. The highest BCUT2D eigenvalue weighted by molar-refractivity contribution is 9.10. The number of hydrogen-bond donors (Lipinski definition) is 1. The maximum atomic E-state index is 5.27. The van der Waals surface area contributed by atoms with Gasteiger partial charge in [-0.2, -0.15) is 4.98 Å². The molecule has 108 valence electrons. The minimum atomic E-state index is 0.171. The lowest BCUT2D eigenvalue weighted by Crippen LogP contribution is -2.18. The fraction of sp³-hybridized carbons (Fsp3) is 0.214. The Labute approximate surface area is 134 Å². The fourth-order valence-electron chi connectivity index (χ4n) is 1.85.